The SMILES string of the molecule is CCCCCP(=O)(CC(C)C)CC(C)C.O.P. The summed E-state index contributed by atoms with van der Waals surface area (Å²) in [5.74, 6) is 1.16. The summed E-state index contributed by atoms with van der Waals surface area (Å²) in [6, 6.07) is 0. The van der Waals surface area contributed by atoms with E-state index >= 15 is 0 Å². The summed E-state index contributed by atoms with van der Waals surface area (Å²) in [6.07, 6.45) is 6.51. The molecule has 2 N–H and O–H groups in total. The van der Waals surface area contributed by atoms with E-state index in [1.165, 1.54) is 12.8 Å². The van der Waals surface area contributed by atoms with Gasteiger partial charge in [-0.1, -0.05) is 47.5 Å². The molecule has 1 unspecified atom stereocenters. The van der Waals surface area contributed by atoms with Gasteiger partial charge in [-0.3, -0.25) is 0 Å². The fraction of sp³-hybridized carbons (Fsp3) is 1.00. The second-order valence-electron chi connectivity index (χ2n) is 5.64. The van der Waals surface area contributed by atoms with Crippen LogP contribution in [0.1, 0.15) is 53.9 Å². The molecule has 1 atom stereocenters. The Morgan fingerprint density at radius 3 is 1.65 bits per heavy atom. The molecule has 17 heavy (non-hydrogen) atoms. The minimum Gasteiger partial charge on any atom is -0.412 e. The zero-order valence-corrected chi connectivity index (χ0v) is 14.8. The van der Waals surface area contributed by atoms with Gasteiger partial charge in [0.05, 0.1) is 7.14 Å². The standard InChI is InChI=1S/C13H29OP.H2O.H3P/c1-6-7-8-9-15(14,10-12(2)3)11-13(4)5;;/h12-13H,6-11H2,1-5H3;1H2;1H3. The van der Waals surface area contributed by atoms with Gasteiger partial charge in [0.1, 0.15) is 0 Å². The highest BCUT2D eigenvalue weighted by Gasteiger charge is 2.23. The van der Waals surface area contributed by atoms with Gasteiger partial charge in [0.2, 0.25) is 0 Å². The van der Waals surface area contributed by atoms with E-state index in [9.17, 15) is 4.57 Å². The Bertz CT molecular complexity index is 190. The van der Waals surface area contributed by atoms with Gasteiger partial charge in [0, 0.05) is 18.5 Å². The van der Waals surface area contributed by atoms with Crippen LogP contribution in [0.3, 0.4) is 0 Å². The molecule has 0 fully saturated rings. The first-order valence-corrected chi connectivity index (χ1v) is 8.73. The predicted molar refractivity (Wildman–Crippen MR) is 86.1 cm³/mol. The van der Waals surface area contributed by atoms with Crippen molar-refractivity contribution in [2.75, 3.05) is 18.5 Å². The Kier molecular flexibility index (Phi) is 15.7. The second-order valence-corrected chi connectivity index (χ2v) is 8.94. The van der Waals surface area contributed by atoms with Crippen LogP contribution in [0.25, 0.3) is 0 Å². The van der Waals surface area contributed by atoms with E-state index in [4.69, 9.17) is 0 Å². The number of hydrogen-bond donors (Lipinski definition) is 0. The van der Waals surface area contributed by atoms with Gasteiger partial charge >= 0.3 is 0 Å². The summed E-state index contributed by atoms with van der Waals surface area (Å²) in [7, 11) is -1.86. The molecule has 0 aromatic rings. The molecule has 0 aliphatic rings. The van der Waals surface area contributed by atoms with Gasteiger partial charge in [-0.2, -0.15) is 9.90 Å². The number of unbranched alkanes of at least 4 members (excludes halogenated alkanes) is 2. The third-order valence-corrected chi connectivity index (χ3v) is 6.49. The normalized spacial score (nSPS) is 11.2. The average Bonchev–Trinajstić information content (AvgIpc) is 2.00. The third kappa shape index (κ3) is 12.9. The molecule has 0 aromatic heterocycles. The van der Waals surface area contributed by atoms with Crippen LogP contribution < -0.4 is 0 Å². The first kappa shape index (κ1) is 22.8. The van der Waals surface area contributed by atoms with Crippen LogP contribution in [-0.2, 0) is 4.57 Å². The van der Waals surface area contributed by atoms with Gasteiger partial charge in [0.25, 0.3) is 0 Å². The summed E-state index contributed by atoms with van der Waals surface area (Å²) < 4.78 is 12.7. The quantitative estimate of drug-likeness (QED) is 0.489. The Morgan fingerprint density at radius 1 is 0.941 bits per heavy atom. The zero-order chi connectivity index (χ0) is 11.9. The summed E-state index contributed by atoms with van der Waals surface area (Å²) in [4.78, 5) is 0. The zero-order valence-electron chi connectivity index (χ0n) is 12.5. The van der Waals surface area contributed by atoms with Crippen LogP contribution in [0.2, 0.25) is 0 Å². The highest BCUT2D eigenvalue weighted by atomic mass is 31.2. The molecule has 0 rings (SSSR count). The van der Waals surface area contributed by atoms with E-state index in [0.717, 1.165) is 24.9 Å². The van der Waals surface area contributed by atoms with Crippen molar-refractivity contribution in [2.45, 2.75) is 53.9 Å². The molecular weight excluding hydrogens is 250 g/mol. The maximum atomic E-state index is 12.7. The summed E-state index contributed by atoms with van der Waals surface area (Å²) in [6.45, 7) is 11.0. The van der Waals surface area contributed by atoms with Crippen LogP contribution >= 0.6 is 17.0 Å². The second kappa shape index (κ2) is 11.7. The van der Waals surface area contributed by atoms with E-state index in [1.54, 1.807) is 0 Å². The fourth-order valence-electron chi connectivity index (χ4n) is 2.24. The van der Waals surface area contributed by atoms with Crippen molar-refractivity contribution in [3.63, 3.8) is 0 Å². The molecule has 0 amide bonds. The van der Waals surface area contributed by atoms with E-state index in [0.29, 0.717) is 11.8 Å². The fourth-order valence-corrected chi connectivity index (χ4v) is 6.21. The molecule has 0 aliphatic carbocycles. The van der Waals surface area contributed by atoms with E-state index in [2.05, 4.69) is 34.6 Å². The highest BCUT2D eigenvalue weighted by molar-refractivity contribution is 7.63. The van der Waals surface area contributed by atoms with Gasteiger partial charge in [0.15, 0.2) is 0 Å². The summed E-state index contributed by atoms with van der Waals surface area (Å²) >= 11 is 0. The van der Waals surface area contributed by atoms with E-state index in [-0.39, 0.29) is 15.4 Å². The van der Waals surface area contributed by atoms with E-state index in [1.807, 2.05) is 0 Å². The topological polar surface area (TPSA) is 48.6 Å². The lowest BCUT2D eigenvalue weighted by atomic mass is 10.3. The molecule has 0 spiro atoms. The van der Waals surface area contributed by atoms with Gasteiger partial charge < -0.3 is 10.0 Å². The minimum atomic E-state index is -1.86. The molecule has 0 saturated carbocycles. The molecule has 0 saturated heterocycles. The molecule has 0 aliphatic heterocycles. The van der Waals surface area contributed by atoms with Crippen molar-refractivity contribution in [1.82, 2.24) is 0 Å². The minimum absolute atomic E-state index is 0. The molecule has 0 bridgehead atoms. The molecule has 0 radical (unpaired) electrons. The van der Waals surface area contributed by atoms with Crippen LogP contribution in [-0.4, -0.2) is 24.0 Å². The van der Waals surface area contributed by atoms with Gasteiger partial charge in [-0.05, 0) is 18.3 Å². The van der Waals surface area contributed by atoms with E-state index < -0.39 is 7.14 Å². The van der Waals surface area contributed by atoms with Crippen molar-refractivity contribution in [1.29, 1.82) is 0 Å². The number of hydrogen-bond acceptors (Lipinski definition) is 1. The highest BCUT2D eigenvalue weighted by Crippen LogP contribution is 2.49. The van der Waals surface area contributed by atoms with Crippen molar-refractivity contribution in [3.05, 3.63) is 0 Å². The number of rotatable bonds is 8. The Hall–Kier alpha value is 0.620. The van der Waals surface area contributed by atoms with Crippen LogP contribution in [0.4, 0.5) is 0 Å². The first-order chi connectivity index (χ1) is 6.89. The van der Waals surface area contributed by atoms with Gasteiger partial charge in [-0.15, -0.1) is 0 Å². The lowest BCUT2D eigenvalue weighted by molar-refractivity contribution is 0.552. The lowest BCUT2D eigenvalue weighted by Crippen LogP contribution is -2.09. The largest absolute Gasteiger partial charge is 0.412 e. The Morgan fingerprint density at radius 2 is 1.35 bits per heavy atom. The van der Waals surface area contributed by atoms with Crippen molar-refractivity contribution in [3.8, 4) is 0 Å². The maximum Gasteiger partial charge on any atom is 0.0882 e. The van der Waals surface area contributed by atoms with Crippen molar-refractivity contribution >= 4 is 17.0 Å². The van der Waals surface area contributed by atoms with Crippen LogP contribution in [0, 0.1) is 11.8 Å². The molecular formula is C13H34O2P2. The molecule has 0 aromatic carbocycles. The summed E-state index contributed by atoms with van der Waals surface area (Å²) in [5.41, 5.74) is 0. The maximum absolute atomic E-state index is 12.7. The molecule has 4 heteroatoms. The molecule has 108 valence electrons. The van der Waals surface area contributed by atoms with Crippen LogP contribution in [0.15, 0.2) is 0 Å². The monoisotopic (exact) mass is 284 g/mol. The van der Waals surface area contributed by atoms with Crippen LogP contribution in [0.5, 0.6) is 0 Å². The molecule has 0 heterocycles. The lowest BCUT2D eigenvalue weighted by Gasteiger charge is -2.22. The van der Waals surface area contributed by atoms with Gasteiger partial charge in [-0.25, -0.2) is 0 Å². The predicted octanol–water partition coefficient (Wildman–Crippen LogP) is 4.09. The average molecular weight is 284 g/mol. The molecule has 2 nitrogen and oxygen atoms in total. The van der Waals surface area contributed by atoms with Crippen molar-refractivity contribution < 1.29 is 10.0 Å². The summed E-state index contributed by atoms with van der Waals surface area (Å²) in [5, 5.41) is 0. The smallest absolute Gasteiger partial charge is 0.0882 e. The first-order valence-electron chi connectivity index (χ1n) is 6.46. The Labute approximate surface area is 112 Å². The third-order valence-electron chi connectivity index (χ3n) is 2.56. The van der Waals surface area contributed by atoms with Crippen molar-refractivity contribution in [2.24, 2.45) is 11.8 Å². The Balaban J connectivity index is -0.000000980.